The summed E-state index contributed by atoms with van der Waals surface area (Å²) in [4.78, 5) is 0.284. The Balaban J connectivity index is 2.19. The molecule has 3 nitrogen and oxygen atoms in total. The van der Waals surface area contributed by atoms with E-state index >= 15 is 0 Å². The Hall–Kier alpha value is -1.17. The van der Waals surface area contributed by atoms with Crippen LogP contribution in [0.15, 0.2) is 57.9 Å². The minimum atomic E-state index is -3.50. The molecular formula is C15H16BrNO2S. The second kappa shape index (κ2) is 6.08. The fourth-order valence-electron chi connectivity index (χ4n) is 1.84. The van der Waals surface area contributed by atoms with Crippen molar-refractivity contribution in [2.24, 2.45) is 0 Å². The predicted octanol–water partition coefficient (Wildman–Crippen LogP) is 3.80. The summed E-state index contributed by atoms with van der Waals surface area (Å²) in [6.45, 7) is 3.75. The monoisotopic (exact) mass is 353 g/mol. The Morgan fingerprint density at radius 1 is 1.00 bits per heavy atom. The largest absolute Gasteiger partial charge is 0.241 e. The molecule has 0 radical (unpaired) electrons. The van der Waals surface area contributed by atoms with E-state index in [1.165, 1.54) is 0 Å². The molecule has 0 saturated heterocycles. The van der Waals surface area contributed by atoms with Crippen molar-refractivity contribution in [1.82, 2.24) is 4.72 Å². The van der Waals surface area contributed by atoms with E-state index < -0.39 is 10.0 Å². The number of nitrogens with one attached hydrogen (secondary N) is 1. The van der Waals surface area contributed by atoms with E-state index in [2.05, 4.69) is 20.7 Å². The van der Waals surface area contributed by atoms with Gasteiger partial charge in [-0.15, -0.1) is 0 Å². The lowest BCUT2D eigenvalue weighted by molar-refractivity contribution is 0.567. The topological polar surface area (TPSA) is 46.2 Å². The summed E-state index contributed by atoms with van der Waals surface area (Å²) in [6.07, 6.45) is 0. The van der Waals surface area contributed by atoms with Gasteiger partial charge >= 0.3 is 0 Å². The van der Waals surface area contributed by atoms with Gasteiger partial charge in [0.15, 0.2) is 0 Å². The molecular weight excluding hydrogens is 338 g/mol. The van der Waals surface area contributed by atoms with Crippen molar-refractivity contribution in [3.05, 3.63) is 64.1 Å². The van der Waals surface area contributed by atoms with E-state index in [1.54, 1.807) is 24.3 Å². The summed E-state index contributed by atoms with van der Waals surface area (Å²) in [5.74, 6) is 0. The van der Waals surface area contributed by atoms with Gasteiger partial charge < -0.3 is 0 Å². The second-order valence-corrected chi connectivity index (χ2v) is 7.34. The molecule has 20 heavy (non-hydrogen) atoms. The molecule has 1 atom stereocenters. The van der Waals surface area contributed by atoms with Gasteiger partial charge in [-0.25, -0.2) is 13.1 Å². The van der Waals surface area contributed by atoms with Crippen molar-refractivity contribution in [3.8, 4) is 0 Å². The highest BCUT2D eigenvalue weighted by Crippen LogP contribution is 2.19. The maximum absolute atomic E-state index is 12.3. The fraction of sp³-hybridized carbons (Fsp3) is 0.200. The van der Waals surface area contributed by atoms with Crippen LogP contribution in [0.3, 0.4) is 0 Å². The van der Waals surface area contributed by atoms with Gasteiger partial charge in [0.25, 0.3) is 0 Å². The van der Waals surface area contributed by atoms with Crippen LogP contribution in [0.1, 0.15) is 24.1 Å². The molecule has 0 heterocycles. The van der Waals surface area contributed by atoms with Gasteiger partial charge in [0.2, 0.25) is 10.0 Å². The SMILES string of the molecule is Cc1ccc(S(=O)(=O)NC(C)c2ccc(Br)cc2)cc1. The molecule has 106 valence electrons. The molecule has 0 saturated carbocycles. The third kappa shape index (κ3) is 3.69. The lowest BCUT2D eigenvalue weighted by Crippen LogP contribution is -2.26. The molecule has 2 aromatic carbocycles. The Labute approximate surface area is 128 Å². The van der Waals surface area contributed by atoms with Crippen LogP contribution in [-0.2, 0) is 10.0 Å². The van der Waals surface area contributed by atoms with Crippen LogP contribution in [0.2, 0.25) is 0 Å². The molecule has 0 fully saturated rings. The van der Waals surface area contributed by atoms with Crippen molar-refractivity contribution in [1.29, 1.82) is 0 Å². The molecule has 0 amide bonds. The molecule has 1 unspecified atom stereocenters. The Kier molecular flexibility index (Phi) is 4.62. The molecule has 2 aromatic rings. The maximum Gasteiger partial charge on any atom is 0.241 e. The molecule has 2 rings (SSSR count). The molecule has 1 N–H and O–H groups in total. The minimum absolute atomic E-state index is 0.283. The average molecular weight is 354 g/mol. The fourth-order valence-corrected chi connectivity index (χ4v) is 3.33. The first-order valence-electron chi connectivity index (χ1n) is 6.23. The van der Waals surface area contributed by atoms with Crippen LogP contribution < -0.4 is 4.72 Å². The standard InChI is InChI=1S/C15H16BrNO2S/c1-11-3-9-15(10-4-11)20(18,19)17-12(2)13-5-7-14(16)8-6-13/h3-10,12,17H,1-2H3. The number of hydrogen-bond donors (Lipinski definition) is 1. The highest BCUT2D eigenvalue weighted by Gasteiger charge is 2.17. The van der Waals surface area contributed by atoms with E-state index in [0.717, 1.165) is 15.6 Å². The molecule has 0 aliphatic carbocycles. The van der Waals surface area contributed by atoms with Crippen LogP contribution >= 0.6 is 15.9 Å². The first kappa shape index (κ1) is 15.2. The van der Waals surface area contributed by atoms with Crippen LogP contribution in [0.25, 0.3) is 0 Å². The van der Waals surface area contributed by atoms with Crippen molar-refractivity contribution < 1.29 is 8.42 Å². The summed E-state index contributed by atoms with van der Waals surface area (Å²) in [5, 5.41) is 0. The second-order valence-electron chi connectivity index (χ2n) is 4.71. The zero-order chi connectivity index (χ0) is 14.8. The zero-order valence-corrected chi connectivity index (χ0v) is 13.7. The third-order valence-electron chi connectivity index (χ3n) is 3.03. The van der Waals surface area contributed by atoms with E-state index in [0.29, 0.717) is 0 Å². The first-order chi connectivity index (χ1) is 9.38. The normalized spacial score (nSPS) is 13.2. The summed E-state index contributed by atoms with van der Waals surface area (Å²) < 4.78 is 28.2. The maximum atomic E-state index is 12.3. The van der Waals surface area contributed by atoms with Gasteiger partial charge in [0, 0.05) is 10.5 Å². The van der Waals surface area contributed by atoms with Gasteiger partial charge in [-0.1, -0.05) is 45.8 Å². The summed E-state index contributed by atoms with van der Waals surface area (Å²) in [6, 6.07) is 14.1. The third-order valence-corrected chi connectivity index (χ3v) is 5.12. The smallest absolute Gasteiger partial charge is 0.207 e. The van der Waals surface area contributed by atoms with Crippen LogP contribution in [-0.4, -0.2) is 8.42 Å². The van der Waals surface area contributed by atoms with Crippen molar-refractivity contribution in [3.63, 3.8) is 0 Å². The van der Waals surface area contributed by atoms with Crippen LogP contribution in [0, 0.1) is 6.92 Å². The molecule has 5 heteroatoms. The first-order valence-corrected chi connectivity index (χ1v) is 8.50. The number of rotatable bonds is 4. The average Bonchev–Trinajstić information content (AvgIpc) is 2.39. The summed E-state index contributed by atoms with van der Waals surface area (Å²) >= 11 is 3.36. The number of sulfonamides is 1. The lowest BCUT2D eigenvalue weighted by atomic mass is 10.1. The van der Waals surface area contributed by atoms with E-state index in [1.807, 2.05) is 38.1 Å². The van der Waals surface area contributed by atoms with Gasteiger partial charge in [-0.2, -0.15) is 0 Å². The van der Waals surface area contributed by atoms with E-state index in [4.69, 9.17) is 0 Å². The van der Waals surface area contributed by atoms with Crippen LogP contribution in [0.4, 0.5) is 0 Å². The van der Waals surface area contributed by atoms with Crippen molar-refractivity contribution in [2.75, 3.05) is 0 Å². The zero-order valence-electron chi connectivity index (χ0n) is 11.3. The van der Waals surface area contributed by atoms with E-state index in [9.17, 15) is 8.42 Å². The molecule has 0 aliphatic heterocycles. The van der Waals surface area contributed by atoms with Gasteiger partial charge in [0.05, 0.1) is 4.90 Å². The number of hydrogen-bond acceptors (Lipinski definition) is 2. The van der Waals surface area contributed by atoms with E-state index in [-0.39, 0.29) is 10.9 Å². The highest BCUT2D eigenvalue weighted by molar-refractivity contribution is 9.10. The quantitative estimate of drug-likeness (QED) is 0.908. The van der Waals surface area contributed by atoms with Crippen molar-refractivity contribution >= 4 is 26.0 Å². The molecule has 0 spiro atoms. The Bertz CT molecular complexity index is 679. The lowest BCUT2D eigenvalue weighted by Gasteiger charge is -2.15. The van der Waals surface area contributed by atoms with Crippen molar-refractivity contribution in [2.45, 2.75) is 24.8 Å². The van der Waals surface area contributed by atoms with Crippen LogP contribution in [0.5, 0.6) is 0 Å². The predicted molar refractivity (Wildman–Crippen MR) is 84.1 cm³/mol. The molecule has 0 bridgehead atoms. The highest BCUT2D eigenvalue weighted by atomic mass is 79.9. The number of aryl methyl sites for hydroxylation is 1. The van der Waals surface area contributed by atoms with Gasteiger partial charge in [-0.05, 0) is 43.7 Å². The van der Waals surface area contributed by atoms with Gasteiger partial charge in [0.1, 0.15) is 0 Å². The number of halogens is 1. The molecule has 0 aliphatic rings. The number of benzene rings is 2. The Morgan fingerprint density at radius 2 is 1.55 bits per heavy atom. The summed E-state index contributed by atoms with van der Waals surface area (Å²) in [5.41, 5.74) is 1.95. The summed E-state index contributed by atoms with van der Waals surface area (Å²) in [7, 11) is -3.50. The minimum Gasteiger partial charge on any atom is -0.207 e. The van der Waals surface area contributed by atoms with Gasteiger partial charge in [-0.3, -0.25) is 0 Å². The Morgan fingerprint density at radius 3 is 2.10 bits per heavy atom. The molecule has 0 aromatic heterocycles.